The minimum absolute atomic E-state index is 0.179. The molecule has 1 aromatic heterocycles. The van der Waals surface area contributed by atoms with Crippen molar-refractivity contribution in [3.05, 3.63) is 11.4 Å². The molecule has 0 amide bonds. The Bertz CT molecular complexity index is 590. The first-order chi connectivity index (χ1) is 9.93. The van der Waals surface area contributed by atoms with E-state index in [2.05, 4.69) is 12.0 Å². The minimum atomic E-state index is -3.46. The fraction of sp³-hybridized carbons (Fsp3) is 0.786. The Morgan fingerprint density at radius 1 is 1.38 bits per heavy atom. The van der Waals surface area contributed by atoms with E-state index < -0.39 is 10.0 Å². The van der Waals surface area contributed by atoms with E-state index in [9.17, 15) is 8.42 Å². The van der Waals surface area contributed by atoms with Gasteiger partial charge < -0.3 is 5.73 Å². The summed E-state index contributed by atoms with van der Waals surface area (Å²) in [5.41, 5.74) is 6.83. The molecule has 0 aliphatic heterocycles. The van der Waals surface area contributed by atoms with Crippen LogP contribution in [0.25, 0.3) is 0 Å². The second-order valence-electron chi connectivity index (χ2n) is 5.71. The highest BCUT2D eigenvalue weighted by Gasteiger charge is 2.40. The predicted octanol–water partition coefficient (Wildman–Crippen LogP) is 1.41. The van der Waals surface area contributed by atoms with Crippen molar-refractivity contribution < 1.29 is 8.42 Å². The predicted molar refractivity (Wildman–Crippen MR) is 82.6 cm³/mol. The molecule has 0 unspecified atom stereocenters. The normalized spacial score (nSPS) is 15.9. The van der Waals surface area contributed by atoms with E-state index >= 15 is 0 Å². The minimum Gasteiger partial charge on any atom is -0.329 e. The SMILES string of the molecule is CCCCN(C1CC1)S(=O)(=O)c1c(C)nn(CCN)c1C. The van der Waals surface area contributed by atoms with Crippen LogP contribution in [0, 0.1) is 13.8 Å². The lowest BCUT2D eigenvalue weighted by Crippen LogP contribution is -2.34. The molecule has 2 N–H and O–H groups in total. The molecule has 0 saturated heterocycles. The molecular weight excluding hydrogens is 288 g/mol. The third-order valence-electron chi connectivity index (χ3n) is 3.91. The van der Waals surface area contributed by atoms with Crippen molar-refractivity contribution in [2.24, 2.45) is 5.73 Å². The number of aryl methyl sites for hydroxylation is 1. The highest BCUT2D eigenvalue weighted by atomic mass is 32.2. The van der Waals surface area contributed by atoms with Crippen LogP contribution < -0.4 is 5.73 Å². The summed E-state index contributed by atoms with van der Waals surface area (Å²) < 4.78 is 29.4. The Kier molecular flexibility index (Phi) is 5.06. The first-order valence-electron chi connectivity index (χ1n) is 7.69. The van der Waals surface area contributed by atoms with Gasteiger partial charge in [-0.25, -0.2) is 8.42 Å². The smallest absolute Gasteiger partial charge is 0.246 e. The molecule has 7 heteroatoms. The molecule has 0 atom stereocenters. The molecule has 0 aromatic carbocycles. The summed E-state index contributed by atoms with van der Waals surface area (Å²) in [6.07, 6.45) is 3.82. The molecule has 1 aromatic rings. The van der Waals surface area contributed by atoms with E-state index in [4.69, 9.17) is 5.73 Å². The number of hydrogen-bond donors (Lipinski definition) is 1. The third-order valence-corrected chi connectivity index (χ3v) is 6.11. The van der Waals surface area contributed by atoms with Crippen LogP contribution in [0.4, 0.5) is 0 Å². The number of nitrogens with two attached hydrogens (primary N) is 1. The molecular formula is C14H26N4O2S. The Labute approximate surface area is 127 Å². The van der Waals surface area contributed by atoms with Gasteiger partial charge in [-0.3, -0.25) is 4.68 Å². The van der Waals surface area contributed by atoms with E-state index in [-0.39, 0.29) is 6.04 Å². The molecule has 0 spiro atoms. The van der Waals surface area contributed by atoms with Gasteiger partial charge in [0.1, 0.15) is 4.90 Å². The number of hydrogen-bond acceptors (Lipinski definition) is 4. The van der Waals surface area contributed by atoms with Gasteiger partial charge in [0.05, 0.1) is 17.9 Å². The molecule has 0 radical (unpaired) electrons. The summed E-state index contributed by atoms with van der Waals surface area (Å²) >= 11 is 0. The van der Waals surface area contributed by atoms with Crippen LogP contribution in [0.5, 0.6) is 0 Å². The summed E-state index contributed by atoms with van der Waals surface area (Å²) in [6.45, 7) is 7.24. The summed E-state index contributed by atoms with van der Waals surface area (Å²) in [7, 11) is -3.46. The van der Waals surface area contributed by atoms with Gasteiger partial charge in [0.15, 0.2) is 0 Å². The molecule has 1 aliphatic carbocycles. The Balaban J connectivity index is 2.37. The highest BCUT2D eigenvalue weighted by Crippen LogP contribution is 2.34. The van der Waals surface area contributed by atoms with Crippen molar-refractivity contribution in [1.82, 2.24) is 14.1 Å². The average molecular weight is 314 g/mol. The van der Waals surface area contributed by atoms with Gasteiger partial charge in [-0.15, -0.1) is 0 Å². The Morgan fingerprint density at radius 3 is 2.57 bits per heavy atom. The lowest BCUT2D eigenvalue weighted by Gasteiger charge is -2.22. The average Bonchev–Trinajstić information content (AvgIpc) is 3.18. The van der Waals surface area contributed by atoms with Gasteiger partial charge in [-0.2, -0.15) is 9.40 Å². The van der Waals surface area contributed by atoms with E-state index in [0.29, 0.717) is 35.9 Å². The van der Waals surface area contributed by atoms with Gasteiger partial charge >= 0.3 is 0 Å². The van der Waals surface area contributed by atoms with Crippen molar-refractivity contribution in [2.75, 3.05) is 13.1 Å². The van der Waals surface area contributed by atoms with Crippen molar-refractivity contribution in [3.63, 3.8) is 0 Å². The first-order valence-corrected chi connectivity index (χ1v) is 9.13. The van der Waals surface area contributed by atoms with Crippen LogP contribution in [0.3, 0.4) is 0 Å². The van der Waals surface area contributed by atoms with Crippen LogP contribution in [-0.2, 0) is 16.6 Å². The monoisotopic (exact) mass is 314 g/mol. The van der Waals surface area contributed by atoms with E-state index in [0.717, 1.165) is 25.7 Å². The first kappa shape index (κ1) is 16.5. The molecule has 6 nitrogen and oxygen atoms in total. The zero-order chi connectivity index (χ0) is 15.6. The van der Waals surface area contributed by atoms with Crippen LogP contribution in [-0.4, -0.2) is 41.6 Å². The van der Waals surface area contributed by atoms with Crippen molar-refractivity contribution in [1.29, 1.82) is 0 Å². The fourth-order valence-corrected chi connectivity index (χ4v) is 4.79. The lowest BCUT2D eigenvalue weighted by atomic mass is 10.3. The molecule has 1 saturated carbocycles. The maximum atomic E-state index is 13.0. The largest absolute Gasteiger partial charge is 0.329 e. The van der Waals surface area contributed by atoms with E-state index in [1.807, 2.05) is 6.92 Å². The lowest BCUT2D eigenvalue weighted by molar-refractivity contribution is 0.395. The third kappa shape index (κ3) is 3.30. The highest BCUT2D eigenvalue weighted by molar-refractivity contribution is 7.89. The van der Waals surface area contributed by atoms with Crippen LogP contribution in [0.1, 0.15) is 44.0 Å². The standard InChI is InChI=1S/C14H26N4O2S/c1-4-5-9-18(13-6-7-13)21(19,20)14-11(2)16-17(10-8-15)12(14)3/h13H,4-10,15H2,1-3H3. The second-order valence-corrected chi connectivity index (χ2v) is 7.54. The van der Waals surface area contributed by atoms with Crippen molar-refractivity contribution in [2.45, 2.75) is 63.9 Å². The number of aromatic nitrogens is 2. The molecule has 1 heterocycles. The number of unbranched alkanes of at least 4 members (excludes halogenated alkanes) is 1. The Hall–Kier alpha value is -0.920. The van der Waals surface area contributed by atoms with Crippen molar-refractivity contribution in [3.8, 4) is 0 Å². The maximum absolute atomic E-state index is 13.0. The number of nitrogens with zero attached hydrogens (tertiary/aromatic N) is 3. The summed E-state index contributed by atoms with van der Waals surface area (Å²) in [4.78, 5) is 0.374. The van der Waals surface area contributed by atoms with Crippen LogP contribution >= 0.6 is 0 Å². The molecule has 1 fully saturated rings. The summed E-state index contributed by atoms with van der Waals surface area (Å²) in [5.74, 6) is 0. The number of rotatable bonds is 8. The maximum Gasteiger partial charge on any atom is 0.246 e. The number of sulfonamides is 1. The zero-order valence-electron chi connectivity index (χ0n) is 13.2. The van der Waals surface area contributed by atoms with Crippen LogP contribution in [0.2, 0.25) is 0 Å². The zero-order valence-corrected chi connectivity index (χ0v) is 14.0. The van der Waals surface area contributed by atoms with E-state index in [1.54, 1.807) is 15.9 Å². The van der Waals surface area contributed by atoms with Gasteiger partial charge in [0.2, 0.25) is 10.0 Å². The molecule has 120 valence electrons. The quantitative estimate of drug-likeness (QED) is 0.786. The Morgan fingerprint density at radius 2 is 2.05 bits per heavy atom. The molecule has 1 aliphatic rings. The van der Waals surface area contributed by atoms with Gasteiger partial charge in [0.25, 0.3) is 0 Å². The van der Waals surface area contributed by atoms with Crippen molar-refractivity contribution >= 4 is 10.0 Å². The van der Waals surface area contributed by atoms with Gasteiger partial charge in [0, 0.05) is 19.1 Å². The second kappa shape index (κ2) is 6.46. The summed E-state index contributed by atoms with van der Waals surface area (Å²) in [5, 5.41) is 4.34. The van der Waals surface area contributed by atoms with Crippen LogP contribution in [0.15, 0.2) is 4.90 Å². The summed E-state index contributed by atoms with van der Waals surface area (Å²) in [6, 6.07) is 0.179. The molecule has 2 rings (SSSR count). The van der Waals surface area contributed by atoms with E-state index in [1.165, 1.54) is 0 Å². The topological polar surface area (TPSA) is 81.2 Å². The molecule has 0 bridgehead atoms. The fourth-order valence-electron chi connectivity index (χ4n) is 2.69. The van der Waals surface area contributed by atoms with Gasteiger partial charge in [-0.05, 0) is 33.1 Å². The van der Waals surface area contributed by atoms with Gasteiger partial charge in [-0.1, -0.05) is 13.3 Å². The molecule has 21 heavy (non-hydrogen) atoms.